The Balaban J connectivity index is 1.26. The Morgan fingerprint density at radius 3 is 2.41 bits per heavy atom. The largest absolute Gasteiger partial charge is 0.333 e. The fourth-order valence-electron chi connectivity index (χ4n) is 4.23. The molecule has 152 valence electrons. The summed E-state index contributed by atoms with van der Waals surface area (Å²) in [6, 6.07) is 17.5. The molecule has 29 heavy (non-hydrogen) atoms. The zero-order chi connectivity index (χ0) is 20.2. The minimum Gasteiger partial charge on any atom is -0.333 e. The lowest BCUT2D eigenvalue weighted by atomic mass is 9.90. The second-order valence-corrected chi connectivity index (χ2v) is 8.39. The maximum Gasteiger partial charge on any atom is 0.317 e. The van der Waals surface area contributed by atoms with Gasteiger partial charge in [-0.25, -0.2) is 4.79 Å². The standard InChI is InChI=1S/C23H26ClN3O2/c24-19-6-8-21(9-7-19)27-16-20(15-22(27)28)25-23(29)26-12-10-18(11-13-26)14-17-4-2-1-3-5-17/h1-9,18,20H,10-16H2,(H,25,29)/t20-/m0/s1. The van der Waals surface area contributed by atoms with E-state index in [2.05, 4.69) is 29.6 Å². The van der Waals surface area contributed by atoms with Crippen molar-refractivity contribution in [3.8, 4) is 0 Å². The average Bonchev–Trinajstić information content (AvgIpc) is 3.10. The molecule has 0 radical (unpaired) electrons. The molecule has 0 aromatic heterocycles. The van der Waals surface area contributed by atoms with Crippen LogP contribution in [0.4, 0.5) is 10.5 Å². The van der Waals surface area contributed by atoms with Gasteiger partial charge in [-0.05, 0) is 55.0 Å². The van der Waals surface area contributed by atoms with Crippen LogP contribution in [-0.2, 0) is 11.2 Å². The van der Waals surface area contributed by atoms with Gasteiger partial charge < -0.3 is 15.1 Å². The first-order valence-electron chi connectivity index (χ1n) is 10.2. The van der Waals surface area contributed by atoms with Gasteiger partial charge in [-0.2, -0.15) is 0 Å². The van der Waals surface area contributed by atoms with Crippen molar-refractivity contribution in [3.05, 3.63) is 65.2 Å². The number of hydrogen-bond acceptors (Lipinski definition) is 2. The number of nitrogens with one attached hydrogen (secondary N) is 1. The van der Waals surface area contributed by atoms with Crippen molar-refractivity contribution in [3.63, 3.8) is 0 Å². The molecule has 6 heteroatoms. The minimum absolute atomic E-state index is 0.0270. The first-order valence-corrected chi connectivity index (χ1v) is 10.6. The van der Waals surface area contributed by atoms with Gasteiger partial charge in [0.15, 0.2) is 0 Å². The van der Waals surface area contributed by atoms with E-state index >= 15 is 0 Å². The van der Waals surface area contributed by atoms with Crippen LogP contribution in [0, 0.1) is 5.92 Å². The van der Waals surface area contributed by atoms with E-state index in [0.29, 0.717) is 23.9 Å². The Bertz CT molecular complexity index is 848. The van der Waals surface area contributed by atoms with E-state index in [1.807, 2.05) is 23.1 Å². The number of halogens is 1. The molecule has 4 rings (SSSR count). The molecule has 2 saturated heterocycles. The van der Waals surface area contributed by atoms with Gasteiger partial charge in [-0.3, -0.25) is 4.79 Å². The van der Waals surface area contributed by atoms with E-state index in [0.717, 1.165) is 38.0 Å². The number of carbonyl (C=O) groups excluding carboxylic acids is 2. The number of hydrogen-bond donors (Lipinski definition) is 1. The van der Waals surface area contributed by atoms with Crippen LogP contribution >= 0.6 is 11.6 Å². The van der Waals surface area contributed by atoms with Crippen molar-refractivity contribution in [2.45, 2.75) is 31.7 Å². The summed E-state index contributed by atoms with van der Waals surface area (Å²) < 4.78 is 0. The Hall–Kier alpha value is -2.53. The fourth-order valence-corrected chi connectivity index (χ4v) is 4.35. The van der Waals surface area contributed by atoms with Gasteiger partial charge >= 0.3 is 6.03 Å². The normalized spacial score (nSPS) is 20.2. The molecule has 2 aromatic rings. The molecule has 0 saturated carbocycles. The molecule has 2 fully saturated rings. The highest BCUT2D eigenvalue weighted by Gasteiger charge is 2.33. The van der Waals surface area contributed by atoms with Gasteiger partial charge in [0, 0.05) is 36.8 Å². The van der Waals surface area contributed by atoms with Crippen LogP contribution in [0.1, 0.15) is 24.8 Å². The zero-order valence-corrected chi connectivity index (χ0v) is 17.1. The first kappa shape index (κ1) is 19.8. The highest BCUT2D eigenvalue weighted by atomic mass is 35.5. The molecular weight excluding hydrogens is 386 g/mol. The summed E-state index contributed by atoms with van der Waals surface area (Å²) >= 11 is 5.93. The lowest BCUT2D eigenvalue weighted by Gasteiger charge is -2.33. The quantitative estimate of drug-likeness (QED) is 0.823. The molecule has 0 spiro atoms. The molecular formula is C23H26ClN3O2. The Kier molecular flexibility index (Phi) is 6.05. The van der Waals surface area contributed by atoms with E-state index in [1.165, 1.54) is 5.56 Å². The summed E-state index contributed by atoms with van der Waals surface area (Å²) in [7, 11) is 0. The van der Waals surface area contributed by atoms with Crippen LogP contribution in [0.25, 0.3) is 0 Å². The molecule has 2 aliphatic heterocycles. The summed E-state index contributed by atoms with van der Waals surface area (Å²) in [5.74, 6) is 0.647. The molecule has 2 heterocycles. The van der Waals surface area contributed by atoms with Gasteiger partial charge in [0.25, 0.3) is 0 Å². The highest BCUT2D eigenvalue weighted by molar-refractivity contribution is 6.30. The number of rotatable bonds is 4. The van der Waals surface area contributed by atoms with Crippen molar-refractivity contribution >= 4 is 29.2 Å². The van der Waals surface area contributed by atoms with Crippen LogP contribution in [0.3, 0.4) is 0 Å². The molecule has 2 aliphatic rings. The molecule has 0 aliphatic carbocycles. The summed E-state index contributed by atoms with van der Waals surface area (Å²) in [5, 5.41) is 3.69. The van der Waals surface area contributed by atoms with Gasteiger partial charge in [0.2, 0.25) is 5.91 Å². The Labute approximate surface area is 176 Å². The average molecular weight is 412 g/mol. The number of amides is 3. The SMILES string of the molecule is O=C(N[C@H]1CC(=O)N(c2ccc(Cl)cc2)C1)N1CCC(Cc2ccccc2)CC1. The number of benzene rings is 2. The van der Waals surface area contributed by atoms with Crippen LogP contribution in [0.15, 0.2) is 54.6 Å². The number of anilines is 1. The molecule has 0 bridgehead atoms. The summed E-state index contributed by atoms with van der Waals surface area (Å²) in [5.41, 5.74) is 2.18. The Morgan fingerprint density at radius 2 is 1.72 bits per heavy atom. The highest BCUT2D eigenvalue weighted by Crippen LogP contribution is 2.25. The van der Waals surface area contributed by atoms with Crippen LogP contribution in [0.5, 0.6) is 0 Å². The van der Waals surface area contributed by atoms with Gasteiger partial charge in [-0.1, -0.05) is 41.9 Å². The lowest BCUT2D eigenvalue weighted by molar-refractivity contribution is -0.117. The summed E-state index contributed by atoms with van der Waals surface area (Å²) in [6.07, 6.45) is 3.44. The third-order valence-electron chi connectivity index (χ3n) is 5.86. The third-order valence-corrected chi connectivity index (χ3v) is 6.11. The van der Waals surface area contributed by atoms with E-state index in [-0.39, 0.29) is 18.0 Å². The van der Waals surface area contributed by atoms with E-state index in [9.17, 15) is 9.59 Å². The molecule has 5 nitrogen and oxygen atoms in total. The van der Waals surface area contributed by atoms with Crippen molar-refractivity contribution in [2.75, 3.05) is 24.5 Å². The Morgan fingerprint density at radius 1 is 1.03 bits per heavy atom. The predicted molar refractivity (Wildman–Crippen MR) is 115 cm³/mol. The molecule has 1 atom stereocenters. The van der Waals surface area contributed by atoms with Crippen molar-refractivity contribution < 1.29 is 9.59 Å². The number of nitrogens with zero attached hydrogens (tertiary/aromatic N) is 2. The molecule has 3 amide bonds. The topological polar surface area (TPSA) is 52.7 Å². The van der Waals surface area contributed by atoms with E-state index in [1.54, 1.807) is 17.0 Å². The second-order valence-electron chi connectivity index (χ2n) is 7.95. The van der Waals surface area contributed by atoms with Crippen LogP contribution in [0.2, 0.25) is 5.02 Å². The monoisotopic (exact) mass is 411 g/mol. The molecule has 0 unspecified atom stereocenters. The predicted octanol–water partition coefficient (Wildman–Crippen LogP) is 4.11. The number of urea groups is 1. The number of piperidine rings is 1. The first-order chi connectivity index (χ1) is 14.1. The maximum atomic E-state index is 12.7. The maximum absolute atomic E-state index is 12.7. The van der Waals surface area contributed by atoms with Crippen molar-refractivity contribution in [1.29, 1.82) is 0 Å². The van der Waals surface area contributed by atoms with Gasteiger partial charge in [0.05, 0.1) is 6.04 Å². The van der Waals surface area contributed by atoms with Crippen LogP contribution < -0.4 is 10.2 Å². The fraction of sp³-hybridized carbons (Fsp3) is 0.391. The third kappa shape index (κ3) is 4.91. The molecule has 2 aromatic carbocycles. The van der Waals surface area contributed by atoms with Crippen LogP contribution in [-0.4, -0.2) is 42.5 Å². The van der Waals surface area contributed by atoms with E-state index in [4.69, 9.17) is 11.6 Å². The zero-order valence-electron chi connectivity index (χ0n) is 16.4. The lowest BCUT2D eigenvalue weighted by Crippen LogP contribution is -2.48. The summed E-state index contributed by atoms with van der Waals surface area (Å²) in [6.45, 7) is 2.03. The summed E-state index contributed by atoms with van der Waals surface area (Å²) in [4.78, 5) is 28.7. The second kappa shape index (κ2) is 8.87. The molecule has 1 N–H and O–H groups in total. The van der Waals surface area contributed by atoms with Crippen molar-refractivity contribution in [1.82, 2.24) is 10.2 Å². The number of likely N-dealkylation sites (tertiary alicyclic amines) is 1. The van der Waals surface area contributed by atoms with Gasteiger partial charge in [0.1, 0.15) is 0 Å². The number of carbonyl (C=O) groups is 2. The smallest absolute Gasteiger partial charge is 0.317 e. The minimum atomic E-state index is -0.160. The van der Waals surface area contributed by atoms with Gasteiger partial charge in [-0.15, -0.1) is 0 Å². The van der Waals surface area contributed by atoms with Crippen molar-refractivity contribution in [2.24, 2.45) is 5.92 Å². The van der Waals surface area contributed by atoms with E-state index < -0.39 is 0 Å².